The van der Waals surface area contributed by atoms with Crippen LogP contribution < -0.4 is 10.1 Å². The number of para-hydroxylation sites is 1. The lowest BCUT2D eigenvalue weighted by molar-refractivity contribution is 0.0991. The van der Waals surface area contributed by atoms with E-state index in [1.54, 1.807) is 18.3 Å². The first-order valence-corrected chi connectivity index (χ1v) is 8.91. The minimum atomic E-state index is -0.282. The van der Waals surface area contributed by atoms with Crippen molar-refractivity contribution >= 4 is 11.7 Å². The van der Waals surface area contributed by atoms with Crippen molar-refractivity contribution < 1.29 is 13.9 Å². The minimum Gasteiger partial charge on any atom is -0.486 e. The number of nitrogens with zero attached hydrogens (tertiary/aromatic N) is 2. The summed E-state index contributed by atoms with van der Waals surface area (Å²) in [5.41, 5.74) is 0. The van der Waals surface area contributed by atoms with Gasteiger partial charge in [0.25, 0.3) is 5.91 Å². The Morgan fingerprint density at radius 2 is 1.96 bits per heavy atom. The summed E-state index contributed by atoms with van der Waals surface area (Å²) in [4.78, 5) is 12.5. The fourth-order valence-electron chi connectivity index (χ4n) is 3.28. The summed E-state index contributed by atoms with van der Waals surface area (Å²) in [6.45, 7) is 0.275. The van der Waals surface area contributed by atoms with Gasteiger partial charge in [-0.3, -0.25) is 4.79 Å². The molecule has 0 aliphatic heterocycles. The highest BCUT2D eigenvalue weighted by Crippen LogP contribution is 2.31. The third kappa shape index (κ3) is 3.64. The fraction of sp³-hybridized carbons (Fsp3) is 0.300. The molecule has 26 heavy (non-hydrogen) atoms. The Kier molecular flexibility index (Phi) is 4.73. The van der Waals surface area contributed by atoms with Crippen molar-refractivity contribution in [3.05, 3.63) is 66.2 Å². The predicted molar refractivity (Wildman–Crippen MR) is 97.2 cm³/mol. The summed E-state index contributed by atoms with van der Waals surface area (Å²) in [6.07, 6.45) is 6.34. The molecule has 6 nitrogen and oxygen atoms in total. The maximum absolute atomic E-state index is 12.5. The summed E-state index contributed by atoms with van der Waals surface area (Å²) in [5.74, 6) is 2.05. The molecule has 0 atom stereocenters. The Labute approximate surface area is 151 Å². The average Bonchev–Trinajstić information content (AvgIpc) is 3.41. The van der Waals surface area contributed by atoms with E-state index in [4.69, 9.17) is 9.15 Å². The van der Waals surface area contributed by atoms with E-state index in [0.29, 0.717) is 17.6 Å². The van der Waals surface area contributed by atoms with Gasteiger partial charge < -0.3 is 14.5 Å². The van der Waals surface area contributed by atoms with E-state index in [1.165, 1.54) is 12.8 Å². The highest BCUT2D eigenvalue weighted by atomic mass is 16.5. The van der Waals surface area contributed by atoms with Crippen molar-refractivity contribution in [2.75, 3.05) is 5.32 Å². The maximum Gasteiger partial charge on any atom is 0.292 e. The topological polar surface area (TPSA) is 69.3 Å². The van der Waals surface area contributed by atoms with Crippen molar-refractivity contribution in [2.24, 2.45) is 0 Å². The van der Waals surface area contributed by atoms with Crippen LogP contribution >= 0.6 is 0 Å². The van der Waals surface area contributed by atoms with E-state index in [2.05, 4.69) is 10.4 Å². The molecule has 3 aromatic rings. The van der Waals surface area contributed by atoms with Crippen LogP contribution in [0.2, 0.25) is 0 Å². The molecule has 2 aromatic heterocycles. The first-order chi connectivity index (χ1) is 12.8. The summed E-state index contributed by atoms with van der Waals surface area (Å²) >= 11 is 0. The van der Waals surface area contributed by atoms with Crippen LogP contribution in [0.5, 0.6) is 5.75 Å². The summed E-state index contributed by atoms with van der Waals surface area (Å²) in [7, 11) is 0. The molecule has 1 aromatic carbocycles. The molecule has 1 aliphatic rings. The third-order valence-corrected chi connectivity index (χ3v) is 4.59. The SMILES string of the molecule is O=C(Nc1ccnn1C1CCCC1)c1ccc(COc2ccccc2)o1. The van der Waals surface area contributed by atoms with Gasteiger partial charge in [-0.05, 0) is 37.1 Å². The van der Waals surface area contributed by atoms with Crippen LogP contribution in [0.25, 0.3) is 0 Å². The predicted octanol–water partition coefficient (Wildman–Crippen LogP) is 4.42. The number of hydrogen-bond acceptors (Lipinski definition) is 4. The van der Waals surface area contributed by atoms with Gasteiger partial charge in [0.1, 0.15) is 23.9 Å². The lowest BCUT2D eigenvalue weighted by Gasteiger charge is -2.14. The lowest BCUT2D eigenvalue weighted by atomic mass is 10.2. The number of hydrogen-bond donors (Lipinski definition) is 1. The van der Waals surface area contributed by atoms with Crippen molar-refractivity contribution in [2.45, 2.75) is 38.3 Å². The number of benzene rings is 1. The zero-order valence-corrected chi connectivity index (χ0v) is 14.4. The number of nitrogens with one attached hydrogen (secondary N) is 1. The minimum absolute atomic E-state index is 0.260. The lowest BCUT2D eigenvalue weighted by Crippen LogP contribution is -2.17. The van der Waals surface area contributed by atoms with E-state index in [1.807, 2.05) is 41.1 Å². The van der Waals surface area contributed by atoms with Gasteiger partial charge in [-0.25, -0.2) is 4.68 Å². The average molecular weight is 351 g/mol. The Hall–Kier alpha value is -3.02. The highest BCUT2D eigenvalue weighted by molar-refractivity contribution is 6.01. The molecular weight excluding hydrogens is 330 g/mol. The molecule has 1 fully saturated rings. The van der Waals surface area contributed by atoms with Crippen molar-refractivity contribution in [1.82, 2.24) is 9.78 Å². The van der Waals surface area contributed by atoms with E-state index >= 15 is 0 Å². The molecule has 0 radical (unpaired) electrons. The molecular formula is C20H21N3O3. The molecule has 134 valence electrons. The molecule has 0 unspecified atom stereocenters. The molecule has 0 spiro atoms. The number of carbonyl (C=O) groups is 1. The number of aromatic nitrogens is 2. The molecule has 0 saturated heterocycles. The fourth-order valence-corrected chi connectivity index (χ4v) is 3.28. The Morgan fingerprint density at radius 1 is 1.15 bits per heavy atom. The van der Waals surface area contributed by atoms with Crippen LogP contribution in [-0.2, 0) is 6.61 Å². The summed E-state index contributed by atoms with van der Waals surface area (Å²) in [5, 5.41) is 7.26. The van der Waals surface area contributed by atoms with Gasteiger partial charge in [-0.2, -0.15) is 5.10 Å². The van der Waals surface area contributed by atoms with E-state index in [-0.39, 0.29) is 18.3 Å². The second kappa shape index (κ2) is 7.47. The monoisotopic (exact) mass is 351 g/mol. The smallest absolute Gasteiger partial charge is 0.292 e. The van der Waals surface area contributed by atoms with Gasteiger partial charge in [-0.1, -0.05) is 31.0 Å². The number of ether oxygens (including phenoxy) is 1. The summed E-state index contributed by atoms with van der Waals surface area (Å²) in [6, 6.07) is 15.1. The first-order valence-electron chi connectivity index (χ1n) is 8.91. The highest BCUT2D eigenvalue weighted by Gasteiger charge is 2.21. The van der Waals surface area contributed by atoms with Gasteiger partial charge >= 0.3 is 0 Å². The normalized spacial score (nSPS) is 14.5. The number of anilines is 1. The Balaban J connectivity index is 1.38. The van der Waals surface area contributed by atoms with Crippen molar-refractivity contribution in [3.63, 3.8) is 0 Å². The largest absolute Gasteiger partial charge is 0.486 e. The van der Waals surface area contributed by atoms with Crippen LogP contribution in [0, 0.1) is 0 Å². The van der Waals surface area contributed by atoms with Crippen molar-refractivity contribution in [1.29, 1.82) is 0 Å². The molecule has 2 heterocycles. The standard InChI is InChI=1S/C20H21N3O3/c24-20(22-19-12-13-21-23(19)15-6-4-5-7-15)18-11-10-17(26-18)14-25-16-8-2-1-3-9-16/h1-3,8-13,15H,4-7,14H2,(H,22,24). The maximum atomic E-state index is 12.5. The van der Waals surface area contributed by atoms with Gasteiger partial charge in [0.2, 0.25) is 0 Å². The van der Waals surface area contributed by atoms with Crippen LogP contribution in [0.4, 0.5) is 5.82 Å². The van der Waals surface area contributed by atoms with E-state index in [9.17, 15) is 4.79 Å². The van der Waals surface area contributed by atoms with Crippen LogP contribution in [-0.4, -0.2) is 15.7 Å². The molecule has 6 heteroatoms. The first kappa shape index (κ1) is 16.4. The van der Waals surface area contributed by atoms with Gasteiger partial charge in [0, 0.05) is 6.07 Å². The van der Waals surface area contributed by atoms with Gasteiger partial charge in [-0.15, -0.1) is 0 Å². The molecule has 4 rings (SSSR count). The zero-order valence-electron chi connectivity index (χ0n) is 14.4. The number of furan rings is 1. The molecule has 1 aliphatic carbocycles. The molecule has 1 N–H and O–H groups in total. The quantitative estimate of drug-likeness (QED) is 0.713. The molecule has 0 bridgehead atoms. The number of carbonyl (C=O) groups excluding carboxylic acids is 1. The van der Waals surface area contributed by atoms with Crippen LogP contribution in [0.1, 0.15) is 48.0 Å². The van der Waals surface area contributed by atoms with Crippen molar-refractivity contribution in [3.8, 4) is 5.75 Å². The number of amides is 1. The second-order valence-electron chi connectivity index (χ2n) is 6.42. The third-order valence-electron chi connectivity index (χ3n) is 4.59. The van der Waals surface area contributed by atoms with E-state index < -0.39 is 0 Å². The van der Waals surface area contributed by atoms with Crippen LogP contribution in [0.3, 0.4) is 0 Å². The van der Waals surface area contributed by atoms with Gasteiger partial charge in [0.05, 0.1) is 12.2 Å². The summed E-state index contributed by atoms with van der Waals surface area (Å²) < 4.78 is 13.2. The molecule has 1 amide bonds. The van der Waals surface area contributed by atoms with E-state index in [0.717, 1.165) is 18.6 Å². The Bertz CT molecular complexity index is 863. The zero-order chi connectivity index (χ0) is 17.8. The number of rotatable bonds is 6. The second-order valence-corrected chi connectivity index (χ2v) is 6.42. The Morgan fingerprint density at radius 3 is 2.77 bits per heavy atom. The van der Waals surface area contributed by atoms with Crippen LogP contribution in [0.15, 0.2) is 59.1 Å². The molecule has 1 saturated carbocycles. The van der Waals surface area contributed by atoms with Gasteiger partial charge in [0.15, 0.2) is 5.76 Å².